The van der Waals surface area contributed by atoms with E-state index in [2.05, 4.69) is 26.1 Å². The third-order valence-electron chi connectivity index (χ3n) is 4.31. The van der Waals surface area contributed by atoms with Gasteiger partial charge in [-0.15, -0.1) is 0 Å². The van der Waals surface area contributed by atoms with Crippen molar-refractivity contribution in [3.05, 3.63) is 0 Å². The van der Waals surface area contributed by atoms with E-state index in [0.29, 0.717) is 0 Å². The van der Waals surface area contributed by atoms with E-state index >= 15 is 0 Å². The molecule has 0 aliphatic carbocycles. The average molecular weight is 284 g/mol. The van der Waals surface area contributed by atoms with Crippen molar-refractivity contribution in [1.82, 2.24) is 5.32 Å². The molecule has 122 valence electrons. The fourth-order valence-corrected chi connectivity index (χ4v) is 2.98. The second kappa shape index (κ2) is 17.0. The third-order valence-corrected chi connectivity index (χ3v) is 4.31. The highest BCUT2D eigenvalue weighted by atomic mass is 14.9. The van der Waals surface area contributed by atoms with Gasteiger partial charge in [-0.3, -0.25) is 0 Å². The molecule has 0 unspecified atom stereocenters. The van der Waals surface area contributed by atoms with Crippen molar-refractivity contribution in [1.29, 1.82) is 0 Å². The van der Waals surface area contributed by atoms with Gasteiger partial charge in [0, 0.05) is 6.04 Å². The van der Waals surface area contributed by atoms with Crippen LogP contribution in [0.1, 0.15) is 111 Å². The summed E-state index contributed by atoms with van der Waals surface area (Å²) >= 11 is 0. The number of hydrogen-bond acceptors (Lipinski definition) is 1. The SMILES string of the molecule is CCCCCCCCC(CCCCCCCC)NCC. The number of hydrogen-bond donors (Lipinski definition) is 1. The summed E-state index contributed by atoms with van der Waals surface area (Å²) in [6.45, 7) is 7.97. The molecule has 0 aromatic heterocycles. The summed E-state index contributed by atoms with van der Waals surface area (Å²) in [5.41, 5.74) is 0. The molecule has 1 nitrogen and oxygen atoms in total. The molecule has 0 fully saturated rings. The molecule has 0 aromatic carbocycles. The second-order valence-electron chi connectivity index (χ2n) is 6.37. The zero-order chi connectivity index (χ0) is 14.9. The van der Waals surface area contributed by atoms with E-state index in [-0.39, 0.29) is 0 Å². The maximum Gasteiger partial charge on any atom is 0.00669 e. The van der Waals surface area contributed by atoms with Crippen LogP contribution < -0.4 is 5.32 Å². The van der Waals surface area contributed by atoms with E-state index in [9.17, 15) is 0 Å². The number of unbranched alkanes of at least 4 members (excludes halogenated alkanes) is 10. The van der Waals surface area contributed by atoms with Crippen LogP contribution in [0, 0.1) is 0 Å². The van der Waals surface area contributed by atoms with Gasteiger partial charge in [0.05, 0.1) is 0 Å². The Morgan fingerprint density at radius 2 is 0.950 bits per heavy atom. The lowest BCUT2D eigenvalue weighted by Gasteiger charge is -2.17. The van der Waals surface area contributed by atoms with E-state index in [0.717, 1.165) is 12.6 Å². The fraction of sp³-hybridized carbons (Fsp3) is 1.00. The standard InChI is InChI=1S/C19H41N/c1-4-7-9-11-13-15-17-19(20-6-3)18-16-14-12-10-8-5-2/h19-20H,4-18H2,1-3H3. The molecule has 0 saturated carbocycles. The van der Waals surface area contributed by atoms with Crippen LogP contribution in [-0.4, -0.2) is 12.6 Å². The normalized spacial score (nSPS) is 11.4. The molecular formula is C19H41N. The summed E-state index contributed by atoms with van der Waals surface area (Å²) < 4.78 is 0. The van der Waals surface area contributed by atoms with Crippen molar-refractivity contribution in [2.24, 2.45) is 0 Å². The molecule has 0 aliphatic rings. The summed E-state index contributed by atoms with van der Waals surface area (Å²) in [6.07, 6.45) is 19.9. The van der Waals surface area contributed by atoms with Crippen LogP contribution in [0.5, 0.6) is 0 Å². The Kier molecular flexibility index (Phi) is 17.0. The van der Waals surface area contributed by atoms with Crippen LogP contribution in [0.15, 0.2) is 0 Å². The Labute approximate surface area is 129 Å². The van der Waals surface area contributed by atoms with Gasteiger partial charge >= 0.3 is 0 Å². The summed E-state index contributed by atoms with van der Waals surface area (Å²) in [6, 6.07) is 0.789. The average Bonchev–Trinajstić information content (AvgIpc) is 2.46. The zero-order valence-electron chi connectivity index (χ0n) is 14.7. The molecule has 1 N–H and O–H groups in total. The molecule has 20 heavy (non-hydrogen) atoms. The Balaban J connectivity index is 3.45. The Bertz CT molecular complexity index is 151. The van der Waals surface area contributed by atoms with Crippen LogP contribution in [0.4, 0.5) is 0 Å². The highest BCUT2D eigenvalue weighted by Crippen LogP contribution is 2.14. The molecular weight excluding hydrogens is 242 g/mol. The van der Waals surface area contributed by atoms with Gasteiger partial charge < -0.3 is 5.32 Å². The molecule has 0 heterocycles. The van der Waals surface area contributed by atoms with Crippen LogP contribution in [0.25, 0.3) is 0 Å². The molecule has 0 spiro atoms. The Hall–Kier alpha value is -0.0400. The van der Waals surface area contributed by atoms with Crippen LogP contribution in [-0.2, 0) is 0 Å². The molecule has 0 saturated heterocycles. The lowest BCUT2D eigenvalue weighted by atomic mass is 10.00. The number of nitrogens with one attached hydrogen (secondary N) is 1. The van der Waals surface area contributed by atoms with Crippen LogP contribution in [0.3, 0.4) is 0 Å². The highest BCUT2D eigenvalue weighted by Gasteiger charge is 2.06. The van der Waals surface area contributed by atoms with E-state index in [4.69, 9.17) is 0 Å². The molecule has 0 atom stereocenters. The van der Waals surface area contributed by atoms with Crippen LogP contribution in [0.2, 0.25) is 0 Å². The van der Waals surface area contributed by atoms with Gasteiger partial charge in [-0.1, -0.05) is 97.8 Å². The first-order chi connectivity index (χ1) is 9.85. The van der Waals surface area contributed by atoms with E-state index in [1.54, 1.807) is 0 Å². The van der Waals surface area contributed by atoms with Gasteiger partial charge in [0.1, 0.15) is 0 Å². The zero-order valence-corrected chi connectivity index (χ0v) is 14.7. The minimum Gasteiger partial charge on any atom is -0.314 e. The Morgan fingerprint density at radius 1 is 0.550 bits per heavy atom. The van der Waals surface area contributed by atoms with Gasteiger partial charge in [0.2, 0.25) is 0 Å². The highest BCUT2D eigenvalue weighted by molar-refractivity contribution is 4.66. The predicted octanol–water partition coefficient (Wildman–Crippen LogP) is 6.47. The lowest BCUT2D eigenvalue weighted by molar-refractivity contribution is 0.419. The molecule has 0 rings (SSSR count). The minimum atomic E-state index is 0.789. The topological polar surface area (TPSA) is 12.0 Å². The van der Waals surface area contributed by atoms with E-state index in [1.807, 2.05) is 0 Å². The van der Waals surface area contributed by atoms with Gasteiger partial charge in [0.15, 0.2) is 0 Å². The van der Waals surface area contributed by atoms with Crippen molar-refractivity contribution < 1.29 is 0 Å². The molecule has 0 aromatic rings. The first-order valence-corrected chi connectivity index (χ1v) is 9.58. The van der Waals surface area contributed by atoms with Crippen molar-refractivity contribution in [2.75, 3.05) is 6.54 Å². The maximum atomic E-state index is 3.69. The molecule has 1 heteroatoms. The molecule has 0 radical (unpaired) electrons. The first-order valence-electron chi connectivity index (χ1n) is 9.58. The minimum absolute atomic E-state index is 0.789. The Morgan fingerprint density at radius 3 is 1.35 bits per heavy atom. The van der Waals surface area contributed by atoms with Gasteiger partial charge in [-0.2, -0.15) is 0 Å². The van der Waals surface area contributed by atoms with Crippen molar-refractivity contribution >= 4 is 0 Å². The largest absolute Gasteiger partial charge is 0.314 e. The summed E-state index contributed by atoms with van der Waals surface area (Å²) in [5, 5.41) is 3.69. The van der Waals surface area contributed by atoms with Gasteiger partial charge in [0.25, 0.3) is 0 Å². The molecule has 0 amide bonds. The molecule has 0 aliphatic heterocycles. The van der Waals surface area contributed by atoms with E-state index < -0.39 is 0 Å². The fourth-order valence-electron chi connectivity index (χ4n) is 2.98. The summed E-state index contributed by atoms with van der Waals surface area (Å²) in [5.74, 6) is 0. The van der Waals surface area contributed by atoms with E-state index in [1.165, 1.54) is 89.9 Å². The van der Waals surface area contributed by atoms with Gasteiger partial charge in [-0.25, -0.2) is 0 Å². The second-order valence-corrected chi connectivity index (χ2v) is 6.37. The number of rotatable bonds is 16. The predicted molar refractivity (Wildman–Crippen MR) is 93.5 cm³/mol. The summed E-state index contributed by atoms with van der Waals surface area (Å²) in [4.78, 5) is 0. The monoisotopic (exact) mass is 283 g/mol. The smallest absolute Gasteiger partial charge is 0.00669 e. The quantitative estimate of drug-likeness (QED) is 0.320. The van der Waals surface area contributed by atoms with Crippen molar-refractivity contribution in [2.45, 2.75) is 117 Å². The maximum absolute atomic E-state index is 3.69. The summed E-state index contributed by atoms with van der Waals surface area (Å²) in [7, 11) is 0. The molecule has 0 bridgehead atoms. The first kappa shape index (κ1) is 20.0. The van der Waals surface area contributed by atoms with Crippen molar-refractivity contribution in [3.63, 3.8) is 0 Å². The van der Waals surface area contributed by atoms with Crippen molar-refractivity contribution in [3.8, 4) is 0 Å². The van der Waals surface area contributed by atoms with Gasteiger partial charge in [-0.05, 0) is 19.4 Å². The third kappa shape index (κ3) is 14.4. The van der Waals surface area contributed by atoms with Crippen LogP contribution >= 0.6 is 0 Å². The lowest BCUT2D eigenvalue weighted by Crippen LogP contribution is -2.28.